The Hall–Kier alpha value is -2.19. The van der Waals surface area contributed by atoms with Crippen LogP contribution in [-0.2, 0) is 21.2 Å². The number of Topliss-reactive ketones (excluding diaryl/α,β-unsaturated/α-hetero) is 1. The second-order valence-corrected chi connectivity index (χ2v) is 8.26. The monoisotopic (exact) mass is 365 g/mol. The zero-order valence-electron chi connectivity index (χ0n) is 12.9. The van der Waals surface area contributed by atoms with Crippen LogP contribution >= 0.6 is 11.3 Å². The van der Waals surface area contributed by atoms with Crippen LogP contribution in [0.4, 0.5) is 5.69 Å². The number of fused-ring (bicyclic) bond motifs is 1. The van der Waals surface area contributed by atoms with Crippen molar-refractivity contribution in [2.24, 2.45) is 0 Å². The molecule has 8 heteroatoms. The second-order valence-electron chi connectivity index (χ2n) is 5.41. The number of sulfonamides is 1. The Morgan fingerprint density at radius 2 is 2.08 bits per heavy atom. The maximum absolute atomic E-state index is 12.2. The van der Waals surface area contributed by atoms with Gasteiger partial charge in [0.15, 0.2) is 12.4 Å². The highest BCUT2D eigenvalue weighted by atomic mass is 32.2. The third-order valence-electron chi connectivity index (χ3n) is 3.71. The van der Waals surface area contributed by atoms with Crippen molar-refractivity contribution in [3.05, 3.63) is 51.7 Å². The van der Waals surface area contributed by atoms with Gasteiger partial charge in [-0.3, -0.25) is 9.10 Å². The topological polar surface area (TPSA) is 80.8 Å². The molecule has 1 aromatic heterocycles. The molecule has 1 aromatic carbocycles. The molecular formula is C16H15NO5S2. The van der Waals surface area contributed by atoms with E-state index in [1.165, 1.54) is 15.6 Å². The molecule has 2 aromatic rings. The van der Waals surface area contributed by atoms with Crippen LogP contribution in [0.15, 0.2) is 35.7 Å². The molecule has 3 rings (SSSR count). The lowest BCUT2D eigenvalue weighted by molar-refractivity contribution is 0.0479. The number of hydrogen-bond donors (Lipinski definition) is 0. The van der Waals surface area contributed by atoms with Crippen LogP contribution in [0.3, 0.4) is 0 Å². The van der Waals surface area contributed by atoms with Gasteiger partial charge < -0.3 is 4.74 Å². The number of benzene rings is 1. The Kier molecular flexibility index (Phi) is 4.42. The summed E-state index contributed by atoms with van der Waals surface area (Å²) in [5.41, 5.74) is 1.81. The summed E-state index contributed by atoms with van der Waals surface area (Å²) in [7, 11) is -3.32. The van der Waals surface area contributed by atoms with Gasteiger partial charge in [-0.15, -0.1) is 11.3 Å². The number of nitrogens with zero attached hydrogens (tertiary/aromatic N) is 1. The van der Waals surface area contributed by atoms with Gasteiger partial charge in [-0.05, 0) is 41.6 Å². The average Bonchev–Trinajstić information content (AvgIpc) is 3.19. The van der Waals surface area contributed by atoms with Gasteiger partial charge in [-0.1, -0.05) is 6.07 Å². The summed E-state index contributed by atoms with van der Waals surface area (Å²) >= 11 is 1.25. The van der Waals surface area contributed by atoms with E-state index in [1.54, 1.807) is 35.7 Å². The molecule has 24 heavy (non-hydrogen) atoms. The Labute approximate surface area is 143 Å². The van der Waals surface area contributed by atoms with Gasteiger partial charge in [0.1, 0.15) is 4.88 Å². The number of anilines is 1. The normalized spacial score (nSPS) is 13.6. The van der Waals surface area contributed by atoms with E-state index in [-0.39, 0.29) is 12.4 Å². The maximum atomic E-state index is 12.2. The van der Waals surface area contributed by atoms with Crippen LogP contribution in [0.2, 0.25) is 0 Å². The highest BCUT2D eigenvalue weighted by Crippen LogP contribution is 2.30. The highest BCUT2D eigenvalue weighted by molar-refractivity contribution is 7.92. The van der Waals surface area contributed by atoms with Crippen molar-refractivity contribution in [3.8, 4) is 0 Å². The lowest BCUT2D eigenvalue weighted by Crippen LogP contribution is -2.27. The predicted octanol–water partition coefficient (Wildman–Crippen LogP) is 2.11. The first-order valence-corrected chi connectivity index (χ1v) is 9.93. The number of rotatable bonds is 5. The molecule has 2 heterocycles. The third kappa shape index (κ3) is 3.34. The van der Waals surface area contributed by atoms with Crippen molar-refractivity contribution in [1.29, 1.82) is 0 Å². The minimum atomic E-state index is -3.32. The number of hydrogen-bond acceptors (Lipinski definition) is 6. The van der Waals surface area contributed by atoms with Gasteiger partial charge in [0, 0.05) is 12.1 Å². The zero-order chi connectivity index (χ0) is 17.3. The molecule has 0 radical (unpaired) electrons. The van der Waals surface area contributed by atoms with Crippen molar-refractivity contribution in [2.45, 2.75) is 6.42 Å². The van der Waals surface area contributed by atoms with E-state index in [0.717, 1.165) is 11.8 Å². The van der Waals surface area contributed by atoms with Gasteiger partial charge in [0.25, 0.3) is 0 Å². The summed E-state index contributed by atoms with van der Waals surface area (Å²) in [5, 5.41) is 1.76. The Balaban J connectivity index is 1.70. The van der Waals surface area contributed by atoms with Crippen LogP contribution in [0.25, 0.3) is 0 Å². The molecule has 0 unspecified atom stereocenters. The number of thiophene rings is 1. The number of ether oxygens (including phenoxy) is 1. The lowest BCUT2D eigenvalue weighted by Gasteiger charge is -2.16. The van der Waals surface area contributed by atoms with Crippen LogP contribution in [0, 0.1) is 0 Å². The average molecular weight is 365 g/mol. The number of carbonyl (C=O) groups excluding carboxylic acids is 2. The molecule has 0 bridgehead atoms. The van der Waals surface area contributed by atoms with E-state index in [9.17, 15) is 18.0 Å². The van der Waals surface area contributed by atoms with Crippen LogP contribution in [0.1, 0.15) is 25.6 Å². The van der Waals surface area contributed by atoms with Crippen LogP contribution in [0.5, 0.6) is 0 Å². The van der Waals surface area contributed by atoms with E-state index in [0.29, 0.717) is 29.1 Å². The van der Waals surface area contributed by atoms with Crippen LogP contribution in [-0.4, -0.2) is 39.6 Å². The van der Waals surface area contributed by atoms with E-state index >= 15 is 0 Å². The predicted molar refractivity (Wildman–Crippen MR) is 91.3 cm³/mol. The molecular weight excluding hydrogens is 350 g/mol. The summed E-state index contributed by atoms with van der Waals surface area (Å²) in [6.45, 7) is 0.0322. The summed E-state index contributed by atoms with van der Waals surface area (Å²) < 4.78 is 29.8. The van der Waals surface area contributed by atoms with E-state index in [4.69, 9.17) is 4.74 Å². The molecule has 0 N–H and O–H groups in total. The molecule has 1 aliphatic heterocycles. The minimum absolute atomic E-state index is 0.319. The quantitative estimate of drug-likeness (QED) is 0.599. The molecule has 0 saturated heterocycles. The van der Waals surface area contributed by atoms with E-state index < -0.39 is 16.0 Å². The second kappa shape index (κ2) is 6.37. The first kappa shape index (κ1) is 16.7. The van der Waals surface area contributed by atoms with Gasteiger partial charge in [-0.25, -0.2) is 13.2 Å². The number of carbonyl (C=O) groups is 2. The maximum Gasteiger partial charge on any atom is 0.348 e. The van der Waals surface area contributed by atoms with Crippen molar-refractivity contribution in [1.82, 2.24) is 0 Å². The first-order chi connectivity index (χ1) is 11.4. The first-order valence-electron chi connectivity index (χ1n) is 7.21. The van der Waals surface area contributed by atoms with Crippen molar-refractivity contribution in [2.75, 3.05) is 23.7 Å². The highest BCUT2D eigenvalue weighted by Gasteiger charge is 2.26. The fraction of sp³-hybridized carbons (Fsp3) is 0.250. The molecule has 126 valence electrons. The third-order valence-corrected chi connectivity index (χ3v) is 5.74. The molecule has 0 aliphatic carbocycles. The summed E-state index contributed by atoms with van der Waals surface area (Å²) in [6.07, 6.45) is 1.71. The van der Waals surface area contributed by atoms with E-state index in [2.05, 4.69) is 0 Å². The fourth-order valence-corrected chi connectivity index (χ4v) is 4.14. The van der Waals surface area contributed by atoms with Gasteiger partial charge in [0.2, 0.25) is 10.0 Å². The van der Waals surface area contributed by atoms with Crippen molar-refractivity contribution < 1.29 is 22.7 Å². The molecule has 0 fully saturated rings. The SMILES string of the molecule is CS(=O)(=O)N1CCc2cc(C(=O)COC(=O)c3cccs3)ccc21. The standard InChI is InChI=1S/C16H15NO5S2/c1-24(20,21)17-7-6-11-9-12(4-5-13(11)17)14(18)10-22-16(19)15-3-2-8-23-15/h2-5,8-9H,6-7,10H2,1H3. The molecule has 0 saturated carbocycles. The Bertz CT molecular complexity index is 887. The lowest BCUT2D eigenvalue weighted by atomic mass is 10.1. The zero-order valence-corrected chi connectivity index (χ0v) is 14.5. The Morgan fingerprint density at radius 1 is 1.29 bits per heavy atom. The van der Waals surface area contributed by atoms with Gasteiger partial charge in [-0.2, -0.15) is 0 Å². The largest absolute Gasteiger partial charge is 0.453 e. The summed E-state index contributed by atoms with van der Waals surface area (Å²) in [5.74, 6) is -0.844. The van der Waals surface area contributed by atoms with Gasteiger partial charge in [0.05, 0.1) is 11.9 Å². The number of esters is 1. The summed E-state index contributed by atoms with van der Waals surface area (Å²) in [4.78, 5) is 24.4. The smallest absolute Gasteiger partial charge is 0.348 e. The molecule has 6 nitrogen and oxygen atoms in total. The molecule has 0 spiro atoms. The van der Waals surface area contributed by atoms with E-state index in [1.807, 2.05) is 0 Å². The summed E-state index contributed by atoms with van der Waals surface area (Å²) in [6, 6.07) is 8.22. The molecule has 1 aliphatic rings. The van der Waals surface area contributed by atoms with Crippen molar-refractivity contribution in [3.63, 3.8) is 0 Å². The fourth-order valence-electron chi connectivity index (χ4n) is 2.57. The van der Waals surface area contributed by atoms with Gasteiger partial charge >= 0.3 is 5.97 Å². The van der Waals surface area contributed by atoms with Crippen molar-refractivity contribution >= 4 is 38.8 Å². The number of ketones is 1. The molecule has 0 amide bonds. The minimum Gasteiger partial charge on any atom is -0.453 e. The Morgan fingerprint density at radius 3 is 2.75 bits per heavy atom. The van der Waals surface area contributed by atoms with Crippen LogP contribution < -0.4 is 4.31 Å². The molecule has 0 atom stereocenters.